The van der Waals surface area contributed by atoms with E-state index in [1.165, 1.54) is 0 Å². The lowest BCUT2D eigenvalue weighted by Gasteiger charge is -2.39. The van der Waals surface area contributed by atoms with Gasteiger partial charge in [0.1, 0.15) is 0 Å². The fourth-order valence-electron chi connectivity index (χ4n) is 3.50. The zero-order valence-electron chi connectivity index (χ0n) is 12.5. The van der Waals surface area contributed by atoms with Gasteiger partial charge in [0, 0.05) is 44.7 Å². The maximum atomic E-state index is 12.3. The van der Waals surface area contributed by atoms with Gasteiger partial charge in [0.2, 0.25) is 5.91 Å². The molecule has 1 aromatic rings. The van der Waals surface area contributed by atoms with E-state index >= 15 is 0 Å². The summed E-state index contributed by atoms with van der Waals surface area (Å²) in [6.07, 6.45) is 6.50. The Morgan fingerprint density at radius 1 is 1.38 bits per heavy atom. The van der Waals surface area contributed by atoms with Crippen molar-refractivity contribution in [2.45, 2.75) is 30.7 Å². The van der Waals surface area contributed by atoms with Crippen LogP contribution < -0.4 is 5.32 Å². The summed E-state index contributed by atoms with van der Waals surface area (Å²) in [6, 6.07) is 3.91. The van der Waals surface area contributed by atoms with Crippen LogP contribution in [0.25, 0.3) is 0 Å². The van der Waals surface area contributed by atoms with E-state index in [0.29, 0.717) is 0 Å². The number of nitrogens with zero attached hydrogens (tertiary/aromatic N) is 2. The first-order valence-electron chi connectivity index (χ1n) is 7.66. The van der Waals surface area contributed by atoms with E-state index in [0.717, 1.165) is 51.1 Å². The van der Waals surface area contributed by atoms with Crippen molar-refractivity contribution in [3.05, 3.63) is 30.1 Å². The summed E-state index contributed by atoms with van der Waals surface area (Å²) >= 11 is 0. The molecular weight excluding hydrogens is 266 g/mol. The second kappa shape index (κ2) is 6.12. The number of ether oxygens (including phenoxy) is 1. The molecule has 3 heterocycles. The summed E-state index contributed by atoms with van der Waals surface area (Å²) in [6.45, 7) is 3.83. The first-order chi connectivity index (χ1) is 10.2. The first-order valence-corrected chi connectivity index (χ1v) is 7.66. The summed E-state index contributed by atoms with van der Waals surface area (Å²) in [5.74, 6) is 0.157. The molecule has 114 valence electrons. The zero-order chi connectivity index (χ0) is 14.7. The lowest BCUT2D eigenvalue weighted by molar-refractivity contribution is -0.121. The molecule has 21 heavy (non-hydrogen) atoms. The molecule has 1 aromatic heterocycles. The number of amides is 1. The minimum absolute atomic E-state index is 0.00537. The van der Waals surface area contributed by atoms with Gasteiger partial charge < -0.3 is 15.0 Å². The highest BCUT2D eigenvalue weighted by molar-refractivity contribution is 5.87. The number of aromatic nitrogens is 1. The highest BCUT2D eigenvalue weighted by atomic mass is 16.5. The van der Waals surface area contributed by atoms with E-state index in [-0.39, 0.29) is 17.4 Å². The van der Waals surface area contributed by atoms with Crippen LogP contribution in [0.4, 0.5) is 0 Å². The van der Waals surface area contributed by atoms with Crippen LogP contribution in [-0.4, -0.2) is 54.7 Å². The third-order valence-electron chi connectivity index (χ3n) is 4.83. The summed E-state index contributed by atoms with van der Waals surface area (Å²) < 4.78 is 5.14. The van der Waals surface area contributed by atoms with E-state index in [4.69, 9.17) is 4.74 Å². The standard InChI is InChI=1S/C16H23N3O2/c1-21-11-10-19-8-4-16(5-9-19)12-14(15(20)18-16)13-2-6-17-7-3-13/h2-3,6-7,14H,4-5,8-12H2,1H3,(H,18,20). The van der Waals surface area contributed by atoms with Gasteiger partial charge in [-0.05, 0) is 37.0 Å². The van der Waals surface area contributed by atoms with E-state index in [1.807, 2.05) is 12.1 Å². The van der Waals surface area contributed by atoms with Crippen LogP contribution in [0.5, 0.6) is 0 Å². The average Bonchev–Trinajstić information content (AvgIpc) is 2.84. The van der Waals surface area contributed by atoms with E-state index in [9.17, 15) is 4.79 Å². The van der Waals surface area contributed by atoms with Crippen molar-refractivity contribution in [1.82, 2.24) is 15.2 Å². The van der Waals surface area contributed by atoms with Crippen molar-refractivity contribution in [3.8, 4) is 0 Å². The second-order valence-electron chi connectivity index (χ2n) is 6.14. The highest BCUT2D eigenvalue weighted by Crippen LogP contribution is 2.38. The third kappa shape index (κ3) is 3.09. The molecule has 0 saturated carbocycles. The number of likely N-dealkylation sites (tertiary alicyclic amines) is 1. The van der Waals surface area contributed by atoms with E-state index < -0.39 is 0 Å². The maximum Gasteiger partial charge on any atom is 0.228 e. The number of piperidine rings is 1. The van der Waals surface area contributed by atoms with E-state index in [2.05, 4.69) is 15.2 Å². The minimum atomic E-state index is -0.0153. The Morgan fingerprint density at radius 2 is 2.10 bits per heavy atom. The van der Waals surface area contributed by atoms with Crippen molar-refractivity contribution in [2.24, 2.45) is 0 Å². The van der Waals surface area contributed by atoms with Crippen LogP contribution in [-0.2, 0) is 9.53 Å². The van der Waals surface area contributed by atoms with Crippen molar-refractivity contribution < 1.29 is 9.53 Å². The molecule has 2 aliphatic heterocycles. The van der Waals surface area contributed by atoms with Crippen LogP contribution in [0.1, 0.15) is 30.7 Å². The Kier molecular flexibility index (Phi) is 4.22. The minimum Gasteiger partial charge on any atom is -0.383 e. The zero-order valence-corrected chi connectivity index (χ0v) is 12.5. The molecule has 1 unspecified atom stereocenters. The smallest absolute Gasteiger partial charge is 0.228 e. The highest BCUT2D eigenvalue weighted by Gasteiger charge is 2.45. The third-order valence-corrected chi connectivity index (χ3v) is 4.83. The lowest BCUT2D eigenvalue weighted by atomic mass is 9.82. The van der Waals surface area contributed by atoms with Crippen LogP contribution in [0.2, 0.25) is 0 Å². The Hall–Kier alpha value is -1.46. The summed E-state index contributed by atoms with van der Waals surface area (Å²) in [7, 11) is 1.74. The average molecular weight is 289 g/mol. The molecule has 2 fully saturated rings. The quantitative estimate of drug-likeness (QED) is 0.904. The van der Waals surface area contributed by atoms with Gasteiger partial charge in [-0.1, -0.05) is 0 Å². The van der Waals surface area contributed by atoms with Crippen molar-refractivity contribution in [2.75, 3.05) is 33.4 Å². The molecule has 0 aliphatic carbocycles. The van der Waals surface area contributed by atoms with E-state index in [1.54, 1.807) is 19.5 Å². The number of carbonyl (C=O) groups is 1. The van der Waals surface area contributed by atoms with Gasteiger partial charge in [-0.2, -0.15) is 0 Å². The fourth-order valence-corrected chi connectivity index (χ4v) is 3.50. The molecule has 2 saturated heterocycles. The van der Waals surface area contributed by atoms with Crippen LogP contribution in [0, 0.1) is 0 Å². The Bertz CT molecular complexity index is 484. The Labute approximate surface area is 125 Å². The molecule has 1 spiro atoms. The molecule has 3 rings (SSSR count). The SMILES string of the molecule is COCCN1CCC2(CC1)CC(c1ccncc1)C(=O)N2. The maximum absolute atomic E-state index is 12.3. The molecule has 2 aliphatic rings. The first kappa shape index (κ1) is 14.5. The van der Waals surface area contributed by atoms with Crippen LogP contribution >= 0.6 is 0 Å². The normalized spacial score (nSPS) is 25.2. The molecule has 1 amide bonds. The van der Waals surface area contributed by atoms with Gasteiger partial charge in [0.05, 0.1) is 12.5 Å². The van der Waals surface area contributed by atoms with Crippen molar-refractivity contribution in [1.29, 1.82) is 0 Å². The molecular formula is C16H23N3O2. The van der Waals surface area contributed by atoms with Gasteiger partial charge >= 0.3 is 0 Å². The molecule has 1 N–H and O–H groups in total. The number of carbonyl (C=O) groups excluding carboxylic acids is 1. The van der Waals surface area contributed by atoms with Crippen LogP contribution in [0.3, 0.4) is 0 Å². The van der Waals surface area contributed by atoms with Gasteiger partial charge in [-0.25, -0.2) is 0 Å². The van der Waals surface area contributed by atoms with Crippen LogP contribution in [0.15, 0.2) is 24.5 Å². The van der Waals surface area contributed by atoms with Gasteiger partial charge in [0.25, 0.3) is 0 Å². The second-order valence-corrected chi connectivity index (χ2v) is 6.14. The lowest BCUT2D eigenvalue weighted by Crippen LogP contribution is -2.51. The Balaban J connectivity index is 1.63. The van der Waals surface area contributed by atoms with Crippen molar-refractivity contribution >= 4 is 5.91 Å². The van der Waals surface area contributed by atoms with Gasteiger partial charge in [-0.3, -0.25) is 9.78 Å². The molecule has 1 atom stereocenters. The number of hydrogen-bond donors (Lipinski definition) is 1. The Morgan fingerprint density at radius 3 is 2.76 bits per heavy atom. The number of nitrogens with one attached hydrogen (secondary N) is 1. The molecule has 0 radical (unpaired) electrons. The monoisotopic (exact) mass is 289 g/mol. The molecule has 0 bridgehead atoms. The predicted molar refractivity (Wildman–Crippen MR) is 80.0 cm³/mol. The molecule has 5 nitrogen and oxygen atoms in total. The van der Waals surface area contributed by atoms with Crippen molar-refractivity contribution in [3.63, 3.8) is 0 Å². The fraction of sp³-hybridized carbons (Fsp3) is 0.625. The summed E-state index contributed by atoms with van der Waals surface area (Å²) in [5.41, 5.74) is 1.08. The van der Waals surface area contributed by atoms with Gasteiger partial charge in [-0.15, -0.1) is 0 Å². The van der Waals surface area contributed by atoms with Gasteiger partial charge in [0.15, 0.2) is 0 Å². The largest absolute Gasteiger partial charge is 0.383 e. The summed E-state index contributed by atoms with van der Waals surface area (Å²) in [5, 5.41) is 3.28. The molecule has 5 heteroatoms. The number of hydrogen-bond acceptors (Lipinski definition) is 4. The number of rotatable bonds is 4. The number of methoxy groups -OCH3 is 1. The topological polar surface area (TPSA) is 54.5 Å². The predicted octanol–water partition coefficient (Wildman–Crippen LogP) is 1.17. The molecule has 0 aromatic carbocycles. The number of pyridine rings is 1. The summed E-state index contributed by atoms with van der Waals surface area (Å²) in [4.78, 5) is 18.8.